The molecule has 2 rings (SSSR count). The predicted molar refractivity (Wildman–Crippen MR) is 100 cm³/mol. The Hall–Kier alpha value is -2.04. The van der Waals surface area contributed by atoms with Gasteiger partial charge < -0.3 is 15.1 Å². The van der Waals surface area contributed by atoms with Crippen LogP contribution in [-0.4, -0.2) is 47.4 Å². The van der Waals surface area contributed by atoms with Crippen molar-refractivity contribution in [3.63, 3.8) is 0 Å². The highest BCUT2D eigenvalue weighted by Gasteiger charge is 2.31. The fourth-order valence-corrected chi connectivity index (χ4v) is 3.10. The third kappa shape index (κ3) is 6.07. The molecule has 138 valence electrons. The summed E-state index contributed by atoms with van der Waals surface area (Å²) in [6, 6.07) is 9.87. The van der Waals surface area contributed by atoms with Gasteiger partial charge in [-0.25, -0.2) is 4.79 Å². The summed E-state index contributed by atoms with van der Waals surface area (Å²) in [7, 11) is 0. The maximum atomic E-state index is 12.6. The molecule has 0 saturated carbocycles. The Morgan fingerprint density at radius 3 is 2.40 bits per heavy atom. The van der Waals surface area contributed by atoms with E-state index in [1.807, 2.05) is 40.1 Å². The van der Waals surface area contributed by atoms with Crippen molar-refractivity contribution in [3.05, 3.63) is 35.9 Å². The van der Waals surface area contributed by atoms with Crippen LogP contribution >= 0.6 is 0 Å². The largest absolute Gasteiger partial charge is 0.336 e. The van der Waals surface area contributed by atoms with E-state index in [9.17, 15) is 9.59 Å². The molecule has 1 aromatic rings. The number of carbonyl (C=O) groups is 2. The van der Waals surface area contributed by atoms with Gasteiger partial charge in [-0.05, 0) is 18.4 Å². The van der Waals surface area contributed by atoms with Crippen molar-refractivity contribution in [2.45, 2.75) is 58.5 Å². The SMILES string of the molecule is CCCCN(CCCC)C(=O)NC1CC(=O)N(Cc2ccccc2)C1. The van der Waals surface area contributed by atoms with Crippen LogP contribution < -0.4 is 5.32 Å². The Balaban J connectivity index is 1.86. The summed E-state index contributed by atoms with van der Waals surface area (Å²) in [6.45, 7) is 7.05. The maximum absolute atomic E-state index is 12.6. The van der Waals surface area contributed by atoms with E-state index in [0.29, 0.717) is 19.5 Å². The van der Waals surface area contributed by atoms with Gasteiger partial charge in [-0.1, -0.05) is 57.0 Å². The molecule has 3 amide bonds. The topological polar surface area (TPSA) is 52.7 Å². The third-order valence-electron chi connectivity index (χ3n) is 4.61. The van der Waals surface area contributed by atoms with Crippen molar-refractivity contribution in [1.82, 2.24) is 15.1 Å². The van der Waals surface area contributed by atoms with Gasteiger partial charge in [0.25, 0.3) is 0 Å². The van der Waals surface area contributed by atoms with E-state index < -0.39 is 0 Å². The summed E-state index contributed by atoms with van der Waals surface area (Å²) in [5, 5.41) is 3.07. The predicted octanol–water partition coefficient (Wildman–Crippen LogP) is 3.40. The first kappa shape index (κ1) is 19.3. The average Bonchev–Trinajstić information content (AvgIpc) is 2.95. The van der Waals surface area contributed by atoms with Crippen LogP contribution in [0.15, 0.2) is 30.3 Å². The van der Waals surface area contributed by atoms with Gasteiger partial charge in [-0.15, -0.1) is 0 Å². The number of nitrogens with one attached hydrogen (secondary N) is 1. The number of rotatable bonds is 9. The Kier molecular flexibility index (Phi) is 7.76. The number of likely N-dealkylation sites (tertiary alicyclic amines) is 1. The molecule has 0 radical (unpaired) electrons. The fourth-order valence-electron chi connectivity index (χ4n) is 3.10. The average molecular weight is 345 g/mol. The van der Waals surface area contributed by atoms with E-state index in [4.69, 9.17) is 0 Å². The van der Waals surface area contributed by atoms with Crippen molar-refractivity contribution >= 4 is 11.9 Å². The molecule has 1 aromatic carbocycles. The lowest BCUT2D eigenvalue weighted by molar-refractivity contribution is -0.128. The van der Waals surface area contributed by atoms with Gasteiger partial charge in [0.2, 0.25) is 5.91 Å². The first-order valence-electron chi connectivity index (χ1n) is 9.51. The Morgan fingerprint density at radius 1 is 1.16 bits per heavy atom. The monoisotopic (exact) mass is 345 g/mol. The molecule has 0 aliphatic carbocycles. The molecule has 0 aromatic heterocycles. The van der Waals surface area contributed by atoms with Gasteiger partial charge in [0.1, 0.15) is 0 Å². The number of carbonyl (C=O) groups excluding carboxylic acids is 2. The molecule has 1 saturated heterocycles. The van der Waals surface area contributed by atoms with Crippen LogP contribution in [0.4, 0.5) is 4.79 Å². The van der Waals surface area contributed by atoms with E-state index in [-0.39, 0.29) is 18.0 Å². The quantitative estimate of drug-likeness (QED) is 0.746. The van der Waals surface area contributed by atoms with E-state index in [1.165, 1.54) is 0 Å². The van der Waals surface area contributed by atoms with Gasteiger partial charge in [-0.3, -0.25) is 4.79 Å². The Morgan fingerprint density at radius 2 is 1.80 bits per heavy atom. The normalized spacial score (nSPS) is 17.0. The second kappa shape index (κ2) is 10.1. The summed E-state index contributed by atoms with van der Waals surface area (Å²) in [6.07, 6.45) is 4.57. The van der Waals surface area contributed by atoms with Crippen molar-refractivity contribution < 1.29 is 9.59 Å². The molecular weight excluding hydrogens is 314 g/mol. The number of urea groups is 1. The first-order chi connectivity index (χ1) is 12.1. The van der Waals surface area contributed by atoms with Crippen molar-refractivity contribution in [3.8, 4) is 0 Å². The molecule has 0 spiro atoms. The number of hydrogen-bond donors (Lipinski definition) is 1. The second-order valence-electron chi connectivity index (χ2n) is 6.80. The lowest BCUT2D eigenvalue weighted by Crippen LogP contribution is -2.46. The summed E-state index contributed by atoms with van der Waals surface area (Å²) < 4.78 is 0. The number of nitrogens with zero attached hydrogens (tertiary/aromatic N) is 2. The van der Waals surface area contributed by atoms with Gasteiger partial charge >= 0.3 is 6.03 Å². The number of hydrogen-bond acceptors (Lipinski definition) is 2. The Bertz CT molecular complexity index is 539. The summed E-state index contributed by atoms with van der Waals surface area (Å²) in [5.74, 6) is 0.114. The van der Waals surface area contributed by atoms with Gasteiger partial charge in [0.05, 0.1) is 6.04 Å². The van der Waals surface area contributed by atoms with E-state index in [2.05, 4.69) is 19.2 Å². The van der Waals surface area contributed by atoms with Crippen LogP contribution in [0.3, 0.4) is 0 Å². The second-order valence-corrected chi connectivity index (χ2v) is 6.80. The van der Waals surface area contributed by atoms with E-state index in [0.717, 1.165) is 44.3 Å². The van der Waals surface area contributed by atoms with Gasteiger partial charge in [0.15, 0.2) is 0 Å². The smallest absolute Gasteiger partial charge is 0.317 e. The highest BCUT2D eigenvalue weighted by Crippen LogP contribution is 2.15. The molecule has 1 atom stereocenters. The zero-order valence-electron chi connectivity index (χ0n) is 15.5. The minimum Gasteiger partial charge on any atom is -0.336 e. The molecule has 1 fully saturated rings. The van der Waals surface area contributed by atoms with Crippen LogP contribution in [0.2, 0.25) is 0 Å². The highest BCUT2D eigenvalue weighted by atomic mass is 16.2. The van der Waals surface area contributed by atoms with Crippen LogP contribution in [0.5, 0.6) is 0 Å². The molecule has 5 heteroatoms. The van der Waals surface area contributed by atoms with Crippen molar-refractivity contribution in [1.29, 1.82) is 0 Å². The lowest BCUT2D eigenvalue weighted by Gasteiger charge is -2.25. The molecular formula is C20H31N3O2. The van der Waals surface area contributed by atoms with Crippen LogP contribution in [-0.2, 0) is 11.3 Å². The number of benzene rings is 1. The molecule has 0 bridgehead atoms. The highest BCUT2D eigenvalue weighted by molar-refractivity contribution is 5.81. The molecule has 1 aliphatic rings. The van der Waals surface area contributed by atoms with Crippen molar-refractivity contribution in [2.75, 3.05) is 19.6 Å². The number of amides is 3. The fraction of sp³-hybridized carbons (Fsp3) is 0.600. The standard InChI is InChI=1S/C20H31N3O2/c1-3-5-12-22(13-6-4-2)20(25)21-18-14-19(24)23(16-18)15-17-10-8-7-9-11-17/h7-11,18H,3-6,12-16H2,1-2H3,(H,21,25). The molecule has 1 N–H and O–H groups in total. The van der Waals surface area contributed by atoms with E-state index >= 15 is 0 Å². The lowest BCUT2D eigenvalue weighted by atomic mass is 10.2. The van der Waals surface area contributed by atoms with Gasteiger partial charge in [0, 0.05) is 32.6 Å². The summed E-state index contributed by atoms with van der Waals surface area (Å²) in [4.78, 5) is 28.5. The minimum absolute atomic E-state index is 0.0266. The molecule has 1 heterocycles. The minimum atomic E-state index is -0.0885. The van der Waals surface area contributed by atoms with Crippen LogP contribution in [0.1, 0.15) is 51.5 Å². The first-order valence-corrected chi connectivity index (χ1v) is 9.51. The van der Waals surface area contributed by atoms with Crippen LogP contribution in [0.25, 0.3) is 0 Å². The zero-order chi connectivity index (χ0) is 18.1. The van der Waals surface area contributed by atoms with Crippen LogP contribution in [0, 0.1) is 0 Å². The molecule has 1 unspecified atom stereocenters. The maximum Gasteiger partial charge on any atom is 0.317 e. The summed E-state index contributed by atoms with van der Waals surface area (Å²) in [5.41, 5.74) is 1.12. The zero-order valence-corrected chi connectivity index (χ0v) is 15.5. The summed E-state index contributed by atoms with van der Waals surface area (Å²) >= 11 is 0. The molecule has 5 nitrogen and oxygen atoms in total. The molecule has 1 aliphatic heterocycles. The number of unbranched alkanes of at least 4 members (excludes halogenated alkanes) is 2. The third-order valence-corrected chi connectivity index (χ3v) is 4.61. The van der Waals surface area contributed by atoms with E-state index in [1.54, 1.807) is 0 Å². The van der Waals surface area contributed by atoms with Gasteiger partial charge in [-0.2, -0.15) is 0 Å². The molecule has 25 heavy (non-hydrogen) atoms. The Labute approximate surface area is 151 Å². The van der Waals surface area contributed by atoms with Crippen molar-refractivity contribution in [2.24, 2.45) is 0 Å².